The Morgan fingerprint density at radius 1 is 1.67 bits per heavy atom. The summed E-state index contributed by atoms with van der Waals surface area (Å²) in [5.74, 6) is 0. The molecule has 2 atom stereocenters. The Morgan fingerprint density at radius 3 is 3.22 bits per heavy atom. The van der Waals surface area contributed by atoms with Crippen molar-refractivity contribution in [3.05, 3.63) is 12.2 Å². The van der Waals surface area contributed by atoms with Crippen LogP contribution < -0.4 is 0 Å². The Hall–Kier alpha value is -0.300. The van der Waals surface area contributed by atoms with E-state index in [0.717, 1.165) is 0 Å². The molecule has 0 amide bonds. The van der Waals surface area contributed by atoms with Crippen LogP contribution in [0.1, 0.15) is 26.2 Å². The fourth-order valence-electron chi connectivity index (χ4n) is 1.69. The molecule has 0 aromatic heterocycles. The third-order valence-electron chi connectivity index (χ3n) is 2.25. The fourth-order valence-corrected chi connectivity index (χ4v) is 1.69. The summed E-state index contributed by atoms with van der Waals surface area (Å²) in [6.45, 7) is 2.17. The van der Waals surface area contributed by atoms with Crippen molar-refractivity contribution < 1.29 is 4.74 Å². The molecular formula is C8H12O. The largest absolute Gasteiger partial charge is 0.364 e. The lowest BCUT2D eigenvalue weighted by Gasteiger charge is -2.29. The zero-order chi connectivity index (χ0) is 6.32. The van der Waals surface area contributed by atoms with Crippen molar-refractivity contribution in [1.82, 2.24) is 0 Å². The van der Waals surface area contributed by atoms with Gasteiger partial charge >= 0.3 is 0 Å². The summed E-state index contributed by atoms with van der Waals surface area (Å²) in [5, 5.41) is 0. The molecule has 2 heterocycles. The van der Waals surface area contributed by atoms with E-state index in [-0.39, 0.29) is 5.60 Å². The van der Waals surface area contributed by atoms with Gasteiger partial charge in [-0.05, 0) is 26.2 Å². The van der Waals surface area contributed by atoms with Gasteiger partial charge in [0.15, 0.2) is 0 Å². The quantitative estimate of drug-likeness (QED) is 0.448. The zero-order valence-electron chi connectivity index (χ0n) is 5.76. The van der Waals surface area contributed by atoms with E-state index < -0.39 is 0 Å². The van der Waals surface area contributed by atoms with E-state index in [1.54, 1.807) is 0 Å². The second-order valence-corrected chi connectivity index (χ2v) is 3.22. The van der Waals surface area contributed by atoms with Crippen LogP contribution in [0.3, 0.4) is 0 Å². The first-order valence-electron chi connectivity index (χ1n) is 3.66. The molecule has 2 aliphatic rings. The summed E-state index contributed by atoms with van der Waals surface area (Å²) in [7, 11) is 0. The highest BCUT2D eigenvalue weighted by atomic mass is 16.5. The van der Waals surface area contributed by atoms with Crippen LogP contribution in [0.5, 0.6) is 0 Å². The van der Waals surface area contributed by atoms with Gasteiger partial charge in [0, 0.05) is 0 Å². The summed E-state index contributed by atoms with van der Waals surface area (Å²) >= 11 is 0. The lowest BCUT2D eigenvalue weighted by atomic mass is 9.99. The highest BCUT2D eigenvalue weighted by Gasteiger charge is 2.33. The molecule has 0 unspecified atom stereocenters. The minimum Gasteiger partial charge on any atom is -0.364 e. The molecule has 9 heavy (non-hydrogen) atoms. The maximum atomic E-state index is 5.67. The van der Waals surface area contributed by atoms with E-state index in [1.165, 1.54) is 19.3 Å². The first kappa shape index (κ1) is 5.48. The van der Waals surface area contributed by atoms with Crippen LogP contribution in [0.2, 0.25) is 0 Å². The van der Waals surface area contributed by atoms with Crippen molar-refractivity contribution in [3.63, 3.8) is 0 Å². The average molecular weight is 124 g/mol. The topological polar surface area (TPSA) is 9.23 Å². The van der Waals surface area contributed by atoms with Crippen LogP contribution in [0.15, 0.2) is 12.2 Å². The van der Waals surface area contributed by atoms with Gasteiger partial charge in [-0.2, -0.15) is 0 Å². The van der Waals surface area contributed by atoms with Crippen LogP contribution in [-0.4, -0.2) is 11.7 Å². The van der Waals surface area contributed by atoms with Crippen LogP contribution in [0.4, 0.5) is 0 Å². The maximum absolute atomic E-state index is 5.67. The van der Waals surface area contributed by atoms with Crippen LogP contribution in [0.25, 0.3) is 0 Å². The Balaban J connectivity index is 2.22. The van der Waals surface area contributed by atoms with Gasteiger partial charge in [0.25, 0.3) is 0 Å². The smallest absolute Gasteiger partial charge is 0.0843 e. The maximum Gasteiger partial charge on any atom is 0.0843 e. The van der Waals surface area contributed by atoms with E-state index in [4.69, 9.17) is 4.74 Å². The molecular weight excluding hydrogens is 112 g/mol. The molecule has 50 valence electrons. The van der Waals surface area contributed by atoms with Gasteiger partial charge in [-0.3, -0.25) is 0 Å². The molecule has 2 aliphatic heterocycles. The summed E-state index contributed by atoms with van der Waals surface area (Å²) in [4.78, 5) is 0. The SMILES string of the molecule is C[C@]12C=C[C@H](CCC1)O2. The number of fused-ring (bicyclic) bond motifs is 2. The van der Waals surface area contributed by atoms with Crippen molar-refractivity contribution >= 4 is 0 Å². The first-order chi connectivity index (χ1) is 4.29. The van der Waals surface area contributed by atoms with Gasteiger partial charge in [-0.1, -0.05) is 12.2 Å². The molecule has 0 aliphatic carbocycles. The number of rotatable bonds is 0. The fraction of sp³-hybridized carbons (Fsp3) is 0.750. The zero-order valence-corrected chi connectivity index (χ0v) is 5.76. The van der Waals surface area contributed by atoms with Crippen molar-refractivity contribution in [3.8, 4) is 0 Å². The molecule has 0 aromatic rings. The normalized spacial score (nSPS) is 47.9. The molecule has 1 nitrogen and oxygen atoms in total. The first-order valence-corrected chi connectivity index (χ1v) is 3.66. The Bertz CT molecular complexity index is 151. The van der Waals surface area contributed by atoms with Crippen molar-refractivity contribution in [2.45, 2.75) is 37.9 Å². The molecule has 1 heteroatoms. The molecule has 1 fully saturated rings. The molecule has 0 spiro atoms. The van der Waals surface area contributed by atoms with Gasteiger partial charge in [0.1, 0.15) is 0 Å². The third kappa shape index (κ3) is 0.799. The van der Waals surface area contributed by atoms with Gasteiger partial charge in [0.05, 0.1) is 11.7 Å². The second kappa shape index (κ2) is 1.60. The predicted molar refractivity (Wildman–Crippen MR) is 36.3 cm³/mol. The Morgan fingerprint density at radius 2 is 2.56 bits per heavy atom. The lowest BCUT2D eigenvalue weighted by Crippen LogP contribution is -2.29. The van der Waals surface area contributed by atoms with E-state index >= 15 is 0 Å². The minimum absolute atomic E-state index is 0.114. The molecule has 2 bridgehead atoms. The monoisotopic (exact) mass is 124 g/mol. The van der Waals surface area contributed by atoms with E-state index in [2.05, 4.69) is 19.1 Å². The average Bonchev–Trinajstić information content (AvgIpc) is 2.07. The van der Waals surface area contributed by atoms with Gasteiger partial charge < -0.3 is 4.74 Å². The van der Waals surface area contributed by atoms with Crippen LogP contribution in [0, 0.1) is 0 Å². The minimum atomic E-state index is 0.114. The Kier molecular flexibility index (Phi) is 0.974. The Labute approximate surface area is 55.7 Å². The molecule has 0 saturated carbocycles. The summed E-state index contributed by atoms with van der Waals surface area (Å²) < 4.78 is 5.67. The lowest BCUT2D eigenvalue weighted by molar-refractivity contribution is -0.0478. The summed E-state index contributed by atoms with van der Waals surface area (Å²) in [6, 6.07) is 0. The number of hydrogen-bond acceptors (Lipinski definition) is 1. The molecule has 2 rings (SSSR count). The van der Waals surface area contributed by atoms with E-state index in [1.807, 2.05) is 0 Å². The summed E-state index contributed by atoms with van der Waals surface area (Å²) in [6.07, 6.45) is 8.63. The predicted octanol–water partition coefficient (Wildman–Crippen LogP) is 1.88. The second-order valence-electron chi connectivity index (χ2n) is 3.22. The van der Waals surface area contributed by atoms with Crippen LogP contribution >= 0.6 is 0 Å². The van der Waals surface area contributed by atoms with Gasteiger partial charge in [-0.25, -0.2) is 0 Å². The molecule has 0 radical (unpaired) electrons. The van der Waals surface area contributed by atoms with Gasteiger partial charge in [-0.15, -0.1) is 0 Å². The highest BCUT2D eigenvalue weighted by molar-refractivity contribution is 5.12. The molecule has 0 aromatic carbocycles. The van der Waals surface area contributed by atoms with Crippen molar-refractivity contribution in [2.75, 3.05) is 0 Å². The molecule has 0 N–H and O–H groups in total. The van der Waals surface area contributed by atoms with E-state index in [9.17, 15) is 0 Å². The highest BCUT2D eigenvalue weighted by Crippen LogP contribution is 2.35. The third-order valence-corrected chi connectivity index (χ3v) is 2.25. The van der Waals surface area contributed by atoms with E-state index in [0.29, 0.717) is 6.10 Å². The van der Waals surface area contributed by atoms with Crippen molar-refractivity contribution in [1.29, 1.82) is 0 Å². The standard InChI is InChI=1S/C8H12O/c1-8-5-2-3-7(9-8)4-6-8/h4,6-7H,2-3,5H2,1H3/t7-,8+/m0/s1. The van der Waals surface area contributed by atoms with Crippen molar-refractivity contribution in [2.24, 2.45) is 0 Å². The van der Waals surface area contributed by atoms with Crippen LogP contribution in [-0.2, 0) is 4.74 Å². The molecule has 1 saturated heterocycles. The summed E-state index contributed by atoms with van der Waals surface area (Å²) in [5.41, 5.74) is 0.114. The number of ether oxygens (including phenoxy) is 1. The number of hydrogen-bond donors (Lipinski definition) is 0. The van der Waals surface area contributed by atoms with Gasteiger partial charge in [0.2, 0.25) is 0 Å².